The van der Waals surface area contributed by atoms with Crippen LogP contribution in [0, 0.1) is 17.8 Å². The molecule has 0 spiro atoms. The van der Waals surface area contributed by atoms with Crippen LogP contribution in [0.1, 0.15) is 180 Å². The van der Waals surface area contributed by atoms with Gasteiger partial charge in [-0.1, -0.05) is 134 Å². The van der Waals surface area contributed by atoms with Crippen LogP contribution < -0.4 is 5.32 Å². The number of carbonyl (C=O) groups is 4. The maximum atomic E-state index is 11.4. The van der Waals surface area contributed by atoms with Gasteiger partial charge in [0.05, 0.1) is 0 Å². The molecule has 2 atom stereocenters. The standard InChI is InChI=1S/C12H24O.C7H11NO2.C5H10.C4H8O.C3H8.2C2H6/c1-5-7-9-12(11(4)13)10(3)8-6-2;1-2-6(9)7(10)8-5-3-4-5;1-2-5-3-4-5;1-3-4(2)5;1-3-2;2*1-2/h10,12H,5-9H2,1-4H3;5H,2-4H2,1H3,(H,8,10);5H,2-4H2,1H3;3H2,1-2H3;3H2,1-2H3;2*1-2H3/t10-,12?;;;;;;/m0....../s1. The number of hydrogen-bond donors (Lipinski definition) is 1. The van der Waals surface area contributed by atoms with Crippen molar-refractivity contribution in [3.8, 4) is 0 Å². The van der Waals surface area contributed by atoms with Crippen LogP contribution in [0.25, 0.3) is 0 Å². The summed E-state index contributed by atoms with van der Waals surface area (Å²) in [5.74, 6) is 1.94. The van der Waals surface area contributed by atoms with E-state index >= 15 is 0 Å². The van der Waals surface area contributed by atoms with E-state index < -0.39 is 5.91 Å². The Hall–Kier alpha value is -1.52. The fourth-order valence-corrected chi connectivity index (χ4v) is 3.15. The first kappa shape index (κ1) is 48.2. The van der Waals surface area contributed by atoms with Crippen molar-refractivity contribution < 1.29 is 19.2 Å². The Morgan fingerprint density at radius 2 is 1.18 bits per heavy atom. The average molecular weight is 572 g/mol. The summed E-state index contributed by atoms with van der Waals surface area (Å²) in [6.45, 7) is 28.0. The molecule has 2 aliphatic carbocycles. The second kappa shape index (κ2) is 37.5. The highest BCUT2D eigenvalue weighted by molar-refractivity contribution is 6.36. The van der Waals surface area contributed by atoms with Crippen LogP contribution in [-0.4, -0.2) is 29.3 Å². The molecule has 0 aromatic rings. The van der Waals surface area contributed by atoms with Crippen LogP contribution in [-0.2, 0) is 19.2 Å². The molecular weight excluding hydrogens is 498 g/mol. The first-order chi connectivity index (χ1) is 19.0. The van der Waals surface area contributed by atoms with Crippen LogP contribution in [0.4, 0.5) is 0 Å². The third kappa shape index (κ3) is 41.0. The van der Waals surface area contributed by atoms with E-state index in [1.165, 1.54) is 51.4 Å². The Labute approximate surface area is 251 Å². The molecule has 242 valence electrons. The molecule has 0 radical (unpaired) electrons. The van der Waals surface area contributed by atoms with Gasteiger partial charge in [-0.25, -0.2) is 0 Å². The van der Waals surface area contributed by atoms with E-state index in [9.17, 15) is 19.2 Å². The SMILES string of the molecule is CC.CC.CCC.CCC(=O)C(=O)NC1CC1.CCC(C)=O.CCC1CC1.CCCCC(C(C)=O)[C@@H](C)CCC. The van der Waals surface area contributed by atoms with Gasteiger partial charge < -0.3 is 10.1 Å². The third-order valence-electron chi connectivity index (χ3n) is 6.08. The molecule has 2 fully saturated rings. The molecule has 2 rings (SSSR count). The number of unbranched alkanes of at least 4 members (excludes halogenated alkanes) is 1. The number of hydrogen-bond acceptors (Lipinski definition) is 4. The molecule has 1 unspecified atom stereocenters. The van der Waals surface area contributed by atoms with E-state index in [-0.39, 0.29) is 11.6 Å². The van der Waals surface area contributed by atoms with Gasteiger partial charge in [0.2, 0.25) is 5.78 Å². The lowest BCUT2D eigenvalue weighted by molar-refractivity contribution is -0.137. The summed E-state index contributed by atoms with van der Waals surface area (Å²) in [4.78, 5) is 42.6. The first-order valence-electron chi connectivity index (χ1n) is 16.8. The van der Waals surface area contributed by atoms with Gasteiger partial charge >= 0.3 is 0 Å². The van der Waals surface area contributed by atoms with Crippen molar-refractivity contribution >= 4 is 23.3 Å². The monoisotopic (exact) mass is 572 g/mol. The number of rotatable bonds is 12. The van der Waals surface area contributed by atoms with Gasteiger partial charge in [-0.2, -0.15) is 0 Å². The minimum atomic E-state index is -0.412. The number of carbonyl (C=O) groups excluding carboxylic acids is 4. The number of nitrogens with one attached hydrogen (secondary N) is 1. The molecule has 2 aliphatic rings. The molecule has 2 saturated carbocycles. The van der Waals surface area contributed by atoms with Crippen molar-refractivity contribution in [1.82, 2.24) is 5.32 Å². The molecule has 5 nitrogen and oxygen atoms in total. The van der Waals surface area contributed by atoms with E-state index in [0.29, 0.717) is 36.5 Å². The van der Waals surface area contributed by atoms with Gasteiger partial charge in [0.1, 0.15) is 11.6 Å². The summed E-state index contributed by atoms with van der Waals surface area (Å²) in [7, 11) is 0. The maximum Gasteiger partial charge on any atom is 0.287 e. The Morgan fingerprint density at radius 1 is 0.725 bits per heavy atom. The van der Waals surface area contributed by atoms with Crippen molar-refractivity contribution in [2.75, 3.05) is 0 Å². The molecular formula is C35H73NO4. The zero-order valence-electron chi connectivity index (χ0n) is 29.6. The topological polar surface area (TPSA) is 80.3 Å². The van der Waals surface area contributed by atoms with Crippen LogP contribution in [0.2, 0.25) is 0 Å². The Morgan fingerprint density at radius 3 is 1.40 bits per heavy atom. The predicted octanol–water partition coefficient (Wildman–Crippen LogP) is 10.3. The van der Waals surface area contributed by atoms with Crippen molar-refractivity contribution in [2.24, 2.45) is 17.8 Å². The molecule has 0 aromatic heterocycles. The molecule has 0 aromatic carbocycles. The Bertz CT molecular complexity index is 566. The van der Waals surface area contributed by atoms with Crippen molar-refractivity contribution in [3.63, 3.8) is 0 Å². The van der Waals surface area contributed by atoms with E-state index in [2.05, 4.69) is 46.9 Å². The van der Waals surface area contributed by atoms with E-state index in [1.807, 2.05) is 34.6 Å². The lowest BCUT2D eigenvalue weighted by Crippen LogP contribution is -2.31. The molecule has 1 N–H and O–H groups in total. The highest BCUT2D eigenvalue weighted by Crippen LogP contribution is 2.31. The lowest BCUT2D eigenvalue weighted by Gasteiger charge is -2.20. The molecule has 0 aliphatic heterocycles. The van der Waals surface area contributed by atoms with Gasteiger partial charge in [-0.05, 0) is 44.9 Å². The molecule has 0 saturated heterocycles. The number of amides is 1. The quantitative estimate of drug-likeness (QED) is 0.236. The molecule has 40 heavy (non-hydrogen) atoms. The van der Waals surface area contributed by atoms with Crippen LogP contribution in [0.15, 0.2) is 0 Å². The molecule has 1 amide bonds. The van der Waals surface area contributed by atoms with E-state index in [4.69, 9.17) is 0 Å². The van der Waals surface area contributed by atoms with Crippen LogP contribution in [0.5, 0.6) is 0 Å². The summed E-state index contributed by atoms with van der Waals surface area (Å²) in [5, 5.41) is 2.62. The van der Waals surface area contributed by atoms with Gasteiger partial charge in [-0.15, -0.1) is 0 Å². The van der Waals surface area contributed by atoms with Crippen molar-refractivity contribution in [2.45, 2.75) is 186 Å². The maximum absolute atomic E-state index is 11.4. The normalized spacial score (nSPS) is 13.8. The summed E-state index contributed by atoms with van der Waals surface area (Å²) in [6.07, 6.45) is 14.6. The number of ketones is 3. The lowest BCUT2D eigenvalue weighted by atomic mass is 9.84. The van der Waals surface area contributed by atoms with Crippen molar-refractivity contribution in [3.05, 3.63) is 0 Å². The van der Waals surface area contributed by atoms with E-state index in [1.54, 1.807) is 20.8 Å². The summed E-state index contributed by atoms with van der Waals surface area (Å²) < 4.78 is 0. The van der Waals surface area contributed by atoms with Gasteiger partial charge in [0.25, 0.3) is 5.91 Å². The van der Waals surface area contributed by atoms with Crippen LogP contribution >= 0.6 is 0 Å². The second-order valence-corrected chi connectivity index (χ2v) is 10.3. The highest BCUT2D eigenvalue weighted by atomic mass is 16.2. The zero-order chi connectivity index (χ0) is 32.5. The van der Waals surface area contributed by atoms with Crippen LogP contribution in [0.3, 0.4) is 0 Å². The third-order valence-corrected chi connectivity index (χ3v) is 6.08. The highest BCUT2D eigenvalue weighted by Gasteiger charge is 2.25. The summed E-state index contributed by atoms with van der Waals surface area (Å²) >= 11 is 0. The summed E-state index contributed by atoms with van der Waals surface area (Å²) in [5.41, 5.74) is 0. The van der Waals surface area contributed by atoms with Gasteiger partial charge in [-0.3, -0.25) is 14.4 Å². The fourth-order valence-electron chi connectivity index (χ4n) is 3.15. The Kier molecular flexibility index (Phi) is 45.2. The smallest absolute Gasteiger partial charge is 0.287 e. The molecule has 5 heteroatoms. The fraction of sp³-hybridized carbons (Fsp3) is 0.886. The largest absolute Gasteiger partial charge is 0.347 e. The zero-order valence-corrected chi connectivity index (χ0v) is 29.6. The van der Waals surface area contributed by atoms with Gasteiger partial charge in [0, 0.05) is 24.8 Å². The average Bonchev–Trinajstić information content (AvgIpc) is 3.88. The molecule has 0 bridgehead atoms. The number of Topliss-reactive ketones (excluding diaryl/α,β-unsaturated/α-hetero) is 3. The van der Waals surface area contributed by atoms with Crippen molar-refractivity contribution in [1.29, 1.82) is 0 Å². The minimum Gasteiger partial charge on any atom is -0.347 e. The van der Waals surface area contributed by atoms with E-state index in [0.717, 1.165) is 25.2 Å². The molecule has 0 heterocycles. The minimum absolute atomic E-state index is 0.255. The predicted molar refractivity (Wildman–Crippen MR) is 177 cm³/mol. The second-order valence-electron chi connectivity index (χ2n) is 10.3. The first-order valence-corrected chi connectivity index (χ1v) is 16.8. The summed E-state index contributed by atoms with van der Waals surface area (Å²) in [6, 6.07) is 0.294. The Balaban J connectivity index is -0.000000133. The van der Waals surface area contributed by atoms with Gasteiger partial charge in [0.15, 0.2) is 0 Å².